The number of likely N-dealkylation sites (tertiary alicyclic amines) is 1. The predicted molar refractivity (Wildman–Crippen MR) is 117 cm³/mol. The zero-order chi connectivity index (χ0) is 17.6. The number of hydrogen-bond acceptors (Lipinski definition) is 3. The van der Waals surface area contributed by atoms with Crippen molar-refractivity contribution in [1.82, 2.24) is 4.90 Å². The summed E-state index contributed by atoms with van der Waals surface area (Å²) in [6.45, 7) is 7.22. The Morgan fingerprint density at radius 2 is 1.77 bits per heavy atom. The molecule has 1 aliphatic heterocycles. The first-order chi connectivity index (χ1) is 11.5. The normalized spacial score (nSPS) is 17.3. The highest BCUT2D eigenvalue weighted by Gasteiger charge is 2.37. The molecule has 0 amide bonds. The van der Waals surface area contributed by atoms with E-state index in [1.807, 2.05) is 18.2 Å². The molecule has 0 saturated carbocycles. The molecule has 26 heavy (non-hydrogen) atoms. The molecule has 0 radical (unpaired) electrons. The summed E-state index contributed by atoms with van der Waals surface area (Å²) >= 11 is 6.24. The third kappa shape index (κ3) is 7.18. The molecular formula is C20H35Cl3N2O. The first-order valence-electron chi connectivity index (χ1n) is 9.44. The van der Waals surface area contributed by atoms with Crippen LogP contribution in [0.1, 0.15) is 63.9 Å². The van der Waals surface area contributed by atoms with E-state index in [1.165, 1.54) is 0 Å². The molecule has 1 aromatic rings. The fraction of sp³-hybridized carbons (Fsp3) is 0.700. The third-order valence-corrected chi connectivity index (χ3v) is 5.57. The Kier molecular flexibility index (Phi) is 12.4. The smallest absolute Gasteiger partial charge is 0.0728 e. The lowest BCUT2D eigenvalue weighted by Crippen LogP contribution is -2.46. The van der Waals surface area contributed by atoms with E-state index < -0.39 is 5.60 Å². The zero-order valence-electron chi connectivity index (χ0n) is 16.0. The van der Waals surface area contributed by atoms with Gasteiger partial charge in [-0.2, -0.15) is 0 Å². The van der Waals surface area contributed by atoms with Gasteiger partial charge in [-0.3, -0.25) is 0 Å². The molecule has 1 atom stereocenters. The highest BCUT2D eigenvalue weighted by atomic mass is 35.5. The number of piperidine rings is 1. The van der Waals surface area contributed by atoms with Crippen molar-refractivity contribution in [2.75, 3.05) is 19.6 Å². The monoisotopic (exact) mass is 424 g/mol. The van der Waals surface area contributed by atoms with Crippen molar-refractivity contribution in [3.05, 3.63) is 34.9 Å². The summed E-state index contributed by atoms with van der Waals surface area (Å²) < 4.78 is 0. The molecule has 6 heteroatoms. The first kappa shape index (κ1) is 26.0. The Hall–Kier alpha value is -0.0300. The van der Waals surface area contributed by atoms with E-state index >= 15 is 0 Å². The van der Waals surface area contributed by atoms with Crippen molar-refractivity contribution in [1.29, 1.82) is 0 Å². The lowest BCUT2D eigenvalue weighted by atomic mass is 9.76. The molecule has 152 valence electrons. The van der Waals surface area contributed by atoms with Crippen molar-refractivity contribution in [3.63, 3.8) is 0 Å². The van der Waals surface area contributed by atoms with Gasteiger partial charge in [-0.1, -0.05) is 50.4 Å². The molecule has 0 bridgehead atoms. The molecule has 0 aliphatic carbocycles. The second-order valence-corrected chi connectivity index (χ2v) is 7.79. The van der Waals surface area contributed by atoms with E-state index in [-0.39, 0.29) is 30.7 Å². The van der Waals surface area contributed by atoms with E-state index in [2.05, 4.69) is 24.8 Å². The Balaban J connectivity index is 0.00000312. The average molecular weight is 426 g/mol. The summed E-state index contributed by atoms with van der Waals surface area (Å²) in [5.74, 6) is 0.0884. The number of nitrogens with zero attached hydrogens (tertiary/aromatic N) is 1. The van der Waals surface area contributed by atoms with Crippen molar-refractivity contribution < 1.29 is 5.11 Å². The van der Waals surface area contributed by atoms with Gasteiger partial charge >= 0.3 is 0 Å². The number of benzene rings is 1. The van der Waals surface area contributed by atoms with Crippen LogP contribution in [0, 0.1) is 0 Å². The number of hydrogen-bond donors (Lipinski definition) is 2. The summed E-state index contributed by atoms with van der Waals surface area (Å²) in [5.41, 5.74) is 6.53. The van der Waals surface area contributed by atoms with Gasteiger partial charge in [0.1, 0.15) is 0 Å². The van der Waals surface area contributed by atoms with Crippen LogP contribution in [0.3, 0.4) is 0 Å². The molecule has 1 aromatic carbocycles. The maximum atomic E-state index is 11.5. The van der Waals surface area contributed by atoms with Gasteiger partial charge < -0.3 is 15.7 Å². The second kappa shape index (κ2) is 12.4. The van der Waals surface area contributed by atoms with Crippen LogP contribution < -0.4 is 5.73 Å². The molecule has 1 saturated heterocycles. The third-order valence-electron chi connectivity index (χ3n) is 5.34. The van der Waals surface area contributed by atoms with Gasteiger partial charge in [-0.25, -0.2) is 0 Å². The van der Waals surface area contributed by atoms with E-state index in [0.29, 0.717) is 6.04 Å². The zero-order valence-corrected chi connectivity index (χ0v) is 18.4. The summed E-state index contributed by atoms with van der Waals surface area (Å²) in [5, 5.41) is 12.2. The number of rotatable bonds is 8. The molecule has 1 unspecified atom stereocenters. The van der Waals surface area contributed by atoms with Gasteiger partial charge in [-0.05, 0) is 56.5 Å². The van der Waals surface area contributed by atoms with Crippen LogP contribution in [0.25, 0.3) is 0 Å². The largest absolute Gasteiger partial charge is 0.389 e. The SMILES string of the molecule is CCCC(O)(CCC)C(CN1CCC(N)CC1)c1cccc(Cl)c1.Cl.Cl. The minimum absolute atomic E-state index is 0. The summed E-state index contributed by atoms with van der Waals surface area (Å²) in [6, 6.07) is 8.37. The van der Waals surface area contributed by atoms with Crippen LogP contribution in [0.15, 0.2) is 24.3 Å². The average Bonchev–Trinajstić information content (AvgIpc) is 2.54. The number of aliphatic hydroxyl groups is 1. The number of nitrogens with two attached hydrogens (primary N) is 1. The molecule has 1 aliphatic rings. The first-order valence-corrected chi connectivity index (χ1v) is 9.82. The van der Waals surface area contributed by atoms with Crippen molar-refractivity contribution in [3.8, 4) is 0 Å². The van der Waals surface area contributed by atoms with E-state index in [1.54, 1.807) is 0 Å². The van der Waals surface area contributed by atoms with Crippen molar-refractivity contribution in [2.45, 2.75) is 69.9 Å². The lowest BCUT2D eigenvalue weighted by molar-refractivity contribution is -0.0183. The molecule has 2 rings (SSSR count). The molecule has 3 N–H and O–H groups in total. The van der Waals surface area contributed by atoms with Crippen LogP contribution >= 0.6 is 36.4 Å². The van der Waals surface area contributed by atoms with Gasteiger partial charge in [0, 0.05) is 23.5 Å². The highest BCUT2D eigenvalue weighted by Crippen LogP contribution is 2.38. The quantitative estimate of drug-likeness (QED) is 0.614. The molecule has 1 heterocycles. The summed E-state index contributed by atoms with van der Waals surface area (Å²) in [6.07, 6.45) is 5.71. The molecule has 1 fully saturated rings. The van der Waals surface area contributed by atoms with E-state index in [9.17, 15) is 5.11 Å². The highest BCUT2D eigenvalue weighted by molar-refractivity contribution is 6.30. The van der Waals surface area contributed by atoms with E-state index in [0.717, 1.165) is 68.7 Å². The molecule has 0 aromatic heterocycles. The minimum Gasteiger partial charge on any atom is -0.389 e. The Morgan fingerprint density at radius 3 is 2.27 bits per heavy atom. The molecular weight excluding hydrogens is 391 g/mol. The van der Waals surface area contributed by atoms with E-state index in [4.69, 9.17) is 17.3 Å². The molecule has 0 spiro atoms. The maximum absolute atomic E-state index is 11.5. The standard InChI is InChI=1S/C20H33ClN2O.2ClH/c1-3-10-20(24,11-4-2)19(16-6-5-7-17(21)14-16)15-23-12-8-18(22)9-13-23;;/h5-7,14,18-19,24H,3-4,8-13,15,22H2,1-2H3;2*1H. The van der Waals surface area contributed by atoms with Gasteiger partial charge in [0.15, 0.2) is 0 Å². The Bertz CT molecular complexity index is 502. The maximum Gasteiger partial charge on any atom is 0.0728 e. The second-order valence-electron chi connectivity index (χ2n) is 7.35. The molecule has 3 nitrogen and oxygen atoms in total. The topological polar surface area (TPSA) is 49.5 Å². The van der Waals surface area contributed by atoms with Crippen LogP contribution in [-0.4, -0.2) is 41.3 Å². The van der Waals surface area contributed by atoms with Crippen LogP contribution in [0.2, 0.25) is 5.02 Å². The lowest BCUT2D eigenvalue weighted by Gasteiger charge is -2.41. The Morgan fingerprint density at radius 1 is 1.19 bits per heavy atom. The fourth-order valence-corrected chi connectivity index (χ4v) is 4.24. The fourth-order valence-electron chi connectivity index (χ4n) is 4.04. The minimum atomic E-state index is -0.673. The van der Waals surface area contributed by atoms with Crippen LogP contribution in [0.5, 0.6) is 0 Å². The predicted octanol–water partition coefficient (Wildman–Crippen LogP) is 5.02. The van der Waals surface area contributed by atoms with Crippen molar-refractivity contribution >= 4 is 36.4 Å². The van der Waals surface area contributed by atoms with Gasteiger partial charge in [0.25, 0.3) is 0 Å². The summed E-state index contributed by atoms with van der Waals surface area (Å²) in [7, 11) is 0. The van der Waals surface area contributed by atoms with Crippen LogP contribution in [-0.2, 0) is 0 Å². The van der Waals surface area contributed by atoms with Gasteiger partial charge in [0.05, 0.1) is 5.60 Å². The van der Waals surface area contributed by atoms with Gasteiger partial charge in [0.2, 0.25) is 0 Å². The Labute approximate surface area is 176 Å². The van der Waals surface area contributed by atoms with Crippen LogP contribution in [0.4, 0.5) is 0 Å². The van der Waals surface area contributed by atoms with Gasteiger partial charge in [-0.15, -0.1) is 24.8 Å². The van der Waals surface area contributed by atoms with Crippen molar-refractivity contribution in [2.24, 2.45) is 5.73 Å². The summed E-state index contributed by atoms with van der Waals surface area (Å²) in [4.78, 5) is 2.46. The number of halogens is 3.